The Morgan fingerprint density at radius 3 is 2.74 bits per heavy atom. The molecule has 1 atom stereocenters. The van der Waals surface area contributed by atoms with Gasteiger partial charge in [0.2, 0.25) is 0 Å². The summed E-state index contributed by atoms with van der Waals surface area (Å²) in [5, 5.41) is 6.91. The van der Waals surface area contributed by atoms with Gasteiger partial charge in [-0.05, 0) is 42.7 Å². The first kappa shape index (κ1) is 14.1. The number of carbonyl (C=O) groups excluding carboxylic acids is 1. The lowest BCUT2D eigenvalue weighted by atomic mass is 10.4. The Balaban J connectivity index is 2.32. The van der Waals surface area contributed by atoms with Gasteiger partial charge in [-0.25, -0.2) is 4.21 Å². The molecule has 0 spiro atoms. The molecule has 0 unspecified atom stereocenters. The van der Waals surface area contributed by atoms with Crippen molar-refractivity contribution in [1.29, 1.82) is 0 Å². The van der Waals surface area contributed by atoms with E-state index in [1.807, 2.05) is 0 Å². The predicted octanol–water partition coefficient (Wildman–Crippen LogP) is 2.11. The standard InChI is InChI=1S/C11H10ClN3O2S2/c1-2-13-10(16)9-11(18-15-14-9)19(17)8-5-3-7(12)4-6-8/h3-6H,2H2,1H3,(H,13,16)/t19-/m1/s1. The van der Waals surface area contributed by atoms with Gasteiger partial charge >= 0.3 is 0 Å². The van der Waals surface area contributed by atoms with E-state index in [1.54, 1.807) is 31.2 Å². The summed E-state index contributed by atoms with van der Waals surface area (Å²) in [5.74, 6) is -0.367. The molecule has 1 aromatic heterocycles. The SMILES string of the molecule is CCNC(=O)c1nnsc1[S@](=O)c1ccc(Cl)cc1. The third kappa shape index (κ3) is 3.17. The zero-order valence-corrected chi connectivity index (χ0v) is 12.3. The lowest BCUT2D eigenvalue weighted by molar-refractivity contribution is 0.0948. The van der Waals surface area contributed by atoms with E-state index < -0.39 is 10.8 Å². The van der Waals surface area contributed by atoms with E-state index in [0.29, 0.717) is 20.7 Å². The van der Waals surface area contributed by atoms with E-state index in [9.17, 15) is 9.00 Å². The van der Waals surface area contributed by atoms with Crippen molar-refractivity contribution < 1.29 is 9.00 Å². The van der Waals surface area contributed by atoms with Crippen LogP contribution in [0.3, 0.4) is 0 Å². The third-order valence-corrected chi connectivity index (χ3v) is 4.89. The smallest absolute Gasteiger partial charge is 0.274 e. The first-order chi connectivity index (χ1) is 9.13. The van der Waals surface area contributed by atoms with Crippen LogP contribution < -0.4 is 5.32 Å². The Labute approximate surface area is 121 Å². The van der Waals surface area contributed by atoms with Crippen LogP contribution in [0.5, 0.6) is 0 Å². The number of aromatic nitrogens is 2. The number of carbonyl (C=O) groups is 1. The zero-order chi connectivity index (χ0) is 13.8. The molecule has 1 aromatic carbocycles. The van der Waals surface area contributed by atoms with Crippen LogP contribution in [0, 0.1) is 0 Å². The van der Waals surface area contributed by atoms with Gasteiger partial charge in [-0.3, -0.25) is 4.79 Å². The molecule has 0 fully saturated rings. The summed E-state index contributed by atoms with van der Waals surface area (Å²) in [5.41, 5.74) is 0.111. The van der Waals surface area contributed by atoms with E-state index >= 15 is 0 Å². The molecule has 2 aromatic rings. The number of hydrogen-bond acceptors (Lipinski definition) is 5. The Hall–Kier alpha value is -1.31. The summed E-state index contributed by atoms with van der Waals surface area (Å²) < 4.78 is 16.4. The van der Waals surface area contributed by atoms with E-state index in [1.165, 1.54) is 0 Å². The van der Waals surface area contributed by atoms with Gasteiger partial charge in [-0.2, -0.15) is 0 Å². The van der Waals surface area contributed by atoms with Crippen LogP contribution in [0.1, 0.15) is 17.4 Å². The maximum absolute atomic E-state index is 12.4. The van der Waals surface area contributed by atoms with Crippen molar-refractivity contribution in [3.8, 4) is 0 Å². The predicted molar refractivity (Wildman–Crippen MR) is 74.0 cm³/mol. The Morgan fingerprint density at radius 1 is 1.42 bits per heavy atom. The molecule has 100 valence electrons. The number of hydrogen-bond donors (Lipinski definition) is 1. The number of halogens is 1. The zero-order valence-electron chi connectivity index (χ0n) is 9.92. The summed E-state index contributed by atoms with van der Waals surface area (Å²) in [4.78, 5) is 12.3. The molecule has 1 heterocycles. The summed E-state index contributed by atoms with van der Waals surface area (Å²) in [6.07, 6.45) is 0. The highest BCUT2D eigenvalue weighted by Gasteiger charge is 2.21. The molecule has 8 heteroatoms. The number of benzene rings is 1. The number of amides is 1. The molecule has 0 saturated carbocycles. The van der Waals surface area contributed by atoms with Gasteiger partial charge in [-0.15, -0.1) is 5.10 Å². The van der Waals surface area contributed by atoms with Gasteiger partial charge in [0.15, 0.2) is 9.90 Å². The normalized spacial score (nSPS) is 12.1. The monoisotopic (exact) mass is 315 g/mol. The minimum absolute atomic E-state index is 0.111. The van der Waals surface area contributed by atoms with Crippen molar-refractivity contribution in [3.05, 3.63) is 35.0 Å². The lowest BCUT2D eigenvalue weighted by Crippen LogP contribution is -2.24. The Morgan fingerprint density at radius 2 is 2.11 bits per heavy atom. The Bertz CT molecular complexity index is 613. The van der Waals surface area contributed by atoms with Crippen LogP contribution in [0.2, 0.25) is 5.02 Å². The average Bonchev–Trinajstić information content (AvgIpc) is 2.88. The highest BCUT2D eigenvalue weighted by Crippen LogP contribution is 2.23. The fraction of sp³-hybridized carbons (Fsp3) is 0.182. The second-order valence-electron chi connectivity index (χ2n) is 3.49. The van der Waals surface area contributed by atoms with Crippen molar-refractivity contribution >= 4 is 39.8 Å². The minimum Gasteiger partial charge on any atom is -0.351 e. The summed E-state index contributed by atoms with van der Waals surface area (Å²) in [6, 6.07) is 6.60. The molecular weight excluding hydrogens is 306 g/mol. The molecule has 5 nitrogen and oxygen atoms in total. The van der Waals surface area contributed by atoms with Gasteiger partial charge in [0.05, 0.1) is 10.8 Å². The third-order valence-electron chi connectivity index (χ3n) is 2.21. The molecule has 19 heavy (non-hydrogen) atoms. The molecular formula is C11H10ClN3O2S2. The topological polar surface area (TPSA) is 72.0 Å². The first-order valence-electron chi connectivity index (χ1n) is 5.41. The summed E-state index contributed by atoms with van der Waals surface area (Å²) >= 11 is 6.73. The molecule has 0 radical (unpaired) electrons. The fourth-order valence-electron chi connectivity index (χ4n) is 1.35. The molecule has 1 N–H and O–H groups in total. The van der Waals surface area contributed by atoms with E-state index in [4.69, 9.17) is 11.6 Å². The van der Waals surface area contributed by atoms with E-state index in [0.717, 1.165) is 11.5 Å². The molecule has 0 saturated heterocycles. The molecule has 0 bridgehead atoms. The Kier molecular flexibility index (Phi) is 4.62. The van der Waals surface area contributed by atoms with Crippen LogP contribution >= 0.6 is 23.1 Å². The number of nitrogens with zero attached hydrogens (tertiary/aromatic N) is 2. The average molecular weight is 316 g/mol. The van der Waals surface area contributed by atoms with Crippen molar-refractivity contribution in [3.63, 3.8) is 0 Å². The first-order valence-corrected chi connectivity index (χ1v) is 7.71. The molecule has 0 aliphatic rings. The van der Waals surface area contributed by atoms with Crippen LogP contribution in [0.25, 0.3) is 0 Å². The molecule has 0 aliphatic heterocycles. The summed E-state index contributed by atoms with van der Waals surface area (Å²) in [7, 11) is -1.49. The van der Waals surface area contributed by atoms with Crippen molar-refractivity contribution in [1.82, 2.24) is 14.9 Å². The van der Waals surface area contributed by atoms with Crippen molar-refractivity contribution in [2.45, 2.75) is 16.0 Å². The van der Waals surface area contributed by atoms with Gasteiger partial charge in [0.1, 0.15) is 0 Å². The maximum atomic E-state index is 12.4. The largest absolute Gasteiger partial charge is 0.351 e. The lowest BCUT2D eigenvalue weighted by Gasteiger charge is -2.02. The molecule has 1 amide bonds. The van der Waals surface area contributed by atoms with Crippen LogP contribution in [0.15, 0.2) is 33.4 Å². The van der Waals surface area contributed by atoms with Crippen molar-refractivity contribution in [2.75, 3.05) is 6.54 Å². The van der Waals surface area contributed by atoms with Crippen LogP contribution in [-0.2, 0) is 10.8 Å². The number of rotatable bonds is 4. The highest BCUT2D eigenvalue weighted by atomic mass is 35.5. The number of nitrogens with one attached hydrogen (secondary N) is 1. The molecule has 0 aliphatic carbocycles. The highest BCUT2D eigenvalue weighted by molar-refractivity contribution is 7.87. The minimum atomic E-state index is -1.49. The van der Waals surface area contributed by atoms with E-state index in [2.05, 4.69) is 14.9 Å². The summed E-state index contributed by atoms with van der Waals surface area (Å²) in [6.45, 7) is 2.27. The van der Waals surface area contributed by atoms with Crippen LogP contribution in [0.4, 0.5) is 0 Å². The second-order valence-corrected chi connectivity index (χ2v) is 6.36. The van der Waals surface area contributed by atoms with Gasteiger partial charge in [0, 0.05) is 16.5 Å². The van der Waals surface area contributed by atoms with Crippen LogP contribution in [-0.4, -0.2) is 26.2 Å². The van der Waals surface area contributed by atoms with Crippen molar-refractivity contribution in [2.24, 2.45) is 0 Å². The second kappa shape index (κ2) is 6.23. The molecule has 2 rings (SSSR count). The van der Waals surface area contributed by atoms with Gasteiger partial charge < -0.3 is 5.32 Å². The quantitative estimate of drug-likeness (QED) is 0.938. The van der Waals surface area contributed by atoms with Gasteiger partial charge in [-0.1, -0.05) is 16.1 Å². The van der Waals surface area contributed by atoms with E-state index in [-0.39, 0.29) is 11.6 Å². The maximum Gasteiger partial charge on any atom is 0.274 e. The fourth-order valence-corrected chi connectivity index (χ4v) is 3.46. The van der Waals surface area contributed by atoms with Gasteiger partial charge in [0.25, 0.3) is 5.91 Å².